The molecule has 1 atom stereocenters. The smallest absolute Gasteiger partial charge is 0.319 e. The summed E-state index contributed by atoms with van der Waals surface area (Å²) in [4.78, 5) is 20.9. The molecule has 0 saturated carbocycles. The average Bonchev–Trinajstić information content (AvgIpc) is 2.59. The minimum absolute atomic E-state index is 0.114. The first-order valence-corrected chi connectivity index (χ1v) is 8.18. The maximum absolute atomic E-state index is 12.7. The summed E-state index contributed by atoms with van der Waals surface area (Å²) in [6.45, 7) is 6.58. The number of hydrogen-bond donors (Lipinski definition) is 1. The van der Waals surface area contributed by atoms with E-state index < -0.39 is 0 Å². The van der Waals surface area contributed by atoms with E-state index in [1.54, 1.807) is 0 Å². The predicted molar refractivity (Wildman–Crippen MR) is 92.5 cm³/mol. The normalized spacial score (nSPS) is 11.6. The fourth-order valence-corrected chi connectivity index (χ4v) is 2.36. The van der Waals surface area contributed by atoms with Gasteiger partial charge in [0.1, 0.15) is 5.69 Å². The first kappa shape index (κ1) is 17.7. The van der Waals surface area contributed by atoms with Crippen LogP contribution in [0, 0.1) is 0 Å². The van der Waals surface area contributed by atoms with Crippen LogP contribution in [-0.4, -0.2) is 29.1 Å². The van der Waals surface area contributed by atoms with E-state index in [2.05, 4.69) is 15.3 Å². The van der Waals surface area contributed by atoms with E-state index in [4.69, 9.17) is 9.47 Å². The molecule has 2 rings (SSSR count). The molecular weight excluding hydrogens is 306 g/mol. The highest BCUT2D eigenvalue weighted by Gasteiger charge is 2.21. The van der Waals surface area contributed by atoms with Gasteiger partial charge in [-0.25, -0.2) is 4.98 Å². The van der Waals surface area contributed by atoms with E-state index in [1.165, 1.54) is 6.20 Å². The Bertz CT molecular complexity index is 662. The lowest BCUT2D eigenvalue weighted by Crippen LogP contribution is -2.21. The van der Waals surface area contributed by atoms with Crippen LogP contribution in [0.1, 0.15) is 38.7 Å². The number of ether oxygens (including phenoxy) is 2. The number of rotatable bonds is 8. The number of amides is 1. The van der Waals surface area contributed by atoms with Gasteiger partial charge in [0, 0.05) is 0 Å². The molecule has 0 spiro atoms. The molecule has 0 fully saturated rings. The molecule has 0 saturated heterocycles. The Balaban J connectivity index is 2.20. The molecule has 0 bridgehead atoms. The third-order valence-corrected chi connectivity index (χ3v) is 3.47. The fourth-order valence-electron chi connectivity index (χ4n) is 2.36. The third-order valence-electron chi connectivity index (χ3n) is 3.47. The van der Waals surface area contributed by atoms with Crippen molar-refractivity contribution in [3.8, 4) is 11.9 Å². The molecule has 128 valence electrons. The van der Waals surface area contributed by atoms with Crippen LogP contribution in [0.2, 0.25) is 0 Å². The summed E-state index contributed by atoms with van der Waals surface area (Å²) in [5.74, 6) is -0.0446. The minimum atomic E-state index is -0.243. The Kier molecular flexibility index (Phi) is 6.54. The topological polar surface area (TPSA) is 73.3 Å². The molecule has 1 heterocycles. The third kappa shape index (κ3) is 4.44. The molecule has 0 aliphatic heterocycles. The maximum atomic E-state index is 12.7. The van der Waals surface area contributed by atoms with E-state index in [0.717, 1.165) is 5.56 Å². The van der Waals surface area contributed by atoms with Crippen molar-refractivity contribution in [3.05, 3.63) is 42.1 Å². The van der Waals surface area contributed by atoms with Gasteiger partial charge >= 0.3 is 6.01 Å². The first-order valence-electron chi connectivity index (χ1n) is 8.18. The van der Waals surface area contributed by atoms with E-state index in [0.29, 0.717) is 31.2 Å². The number of benzene rings is 1. The molecule has 6 nitrogen and oxygen atoms in total. The monoisotopic (exact) mass is 329 g/mol. The van der Waals surface area contributed by atoms with Crippen molar-refractivity contribution in [1.29, 1.82) is 0 Å². The zero-order valence-electron chi connectivity index (χ0n) is 14.3. The molecule has 0 aliphatic rings. The second kappa shape index (κ2) is 8.86. The van der Waals surface area contributed by atoms with Gasteiger partial charge in [-0.15, -0.1) is 0 Å². The van der Waals surface area contributed by atoms with Gasteiger partial charge in [0.15, 0.2) is 0 Å². The number of nitrogens with zero attached hydrogens (tertiary/aromatic N) is 2. The maximum Gasteiger partial charge on any atom is 0.319 e. The van der Waals surface area contributed by atoms with Crippen LogP contribution in [0.5, 0.6) is 11.9 Å². The van der Waals surface area contributed by atoms with Gasteiger partial charge in [0.2, 0.25) is 11.8 Å². The standard InChI is InChI=1S/C18H23N3O3/c1-4-14(13-10-8-7-9-11-13)16(22)20-15-12-19-18(24-6-3)21-17(15)23-5-2/h7-12,14H,4-6H2,1-3H3,(H,20,22). The van der Waals surface area contributed by atoms with Gasteiger partial charge in [0.25, 0.3) is 0 Å². The van der Waals surface area contributed by atoms with Crippen LogP contribution in [0.15, 0.2) is 36.5 Å². The number of anilines is 1. The Morgan fingerprint density at radius 2 is 1.83 bits per heavy atom. The van der Waals surface area contributed by atoms with Gasteiger partial charge in [-0.2, -0.15) is 4.98 Å². The highest BCUT2D eigenvalue weighted by Crippen LogP contribution is 2.26. The molecule has 1 N–H and O–H groups in total. The van der Waals surface area contributed by atoms with Crippen LogP contribution in [-0.2, 0) is 4.79 Å². The van der Waals surface area contributed by atoms with Crippen molar-refractivity contribution in [2.75, 3.05) is 18.5 Å². The number of carbonyl (C=O) groups excluding carboxylic acids is 1. The van der Waals surface area contributed by atoms with E-state index >= 15 is 0 Å². The Morgan fingerprint density at radius 1 is 1.12 bits per heavy atom. The first-order chi connectivity index (χ1) is 11.7. The molecular formula is C18H23N3O3. The van der Waals surface area contributed by atoms with Gasteiger partial charge < -0.3 is 14.8 Å². The quantitative estimate of drug-likeness (QED) is 0.803. The lowest BCUT2D eigenvalue weighted by atomic mass is 9.95. The summed E-state index contributed by atoms with van der Waals surface area (Å²) in [5.41, 5.74) is 1.42. The zero-order valence-corrected chi connectivity index (χ0v) is 14.3. The molecule has 24 heavy (non-hydrogen) atoms. The number of nitrogens with one attached hydrogen (secondary N) is 1. The van der Waals surface area contributed by atoms with Crippen molar-refractivity contribution in [1.82, 2.24) is 9.97 Å². The largest absolute Gasteiger partial charge is 0.476 e. The second-order valence-electron chi connectivity index (χ2n) is 5.10. The molecule has 2 aromatic rings. The highest BCUT2D eigenvalue weighted by atomic mass is 16.5. The molecule has 1 aromatic heterocycles. The summed E-state index contributed by atoms with van der Waals surface area (Å²) in [6, 6.07) is 9.92. The number of carbonyl (C=O) groups is 1. The van der Waals surface area contributed by atoms with Crippen molar-refractivity contribution < 1.29 is 14.3 Å². The van der Waals surface area contributed by atoms with Crippen molar-refractivity contribution in [3.63, 3.8) is 0 Å². The minimum Gasteiger partial charge on any atom is -0.476 e. The van der Waals surface area contributed by atoms with Crippen molar-refractivity contribution in [2.45, 2.75) is 33.1 Å². The van der Waals surface area contributed by atoms with Gasteiger partial charge in [-0.05, 0) is 25.8 Å². The van der Waals surface area contributed by atoms with Crippen molar-refractivity contribution in [2.24, 2.45) is 0 Å². The van der Waals surface area contributed by atoms with Crippen LogP contribution in [0.25, 0.3) is 0 Å². The molecule has 0 radical (unpaired) electrons. The molecule has 1 aromatic carbocycles. The second-order valence-corrected chi connectivity index (χ2v) is 5.10. The lowest BCUT2D eigenvalue weighted by molar-refractivity contribution is -0.117. The summed E-state index contributed by atoms with van der Waals surface area (Å²) in [7, 11) is 0. The Labute approximate surface area is 142 Å². The van der Waals surface area contributed by atoms with Gasteiger partial charge in [-0.3, -0.25) is 4.79 Å². The molecule has 1 unspecified atom stereocenters. The highest BCUT2D eigenvalue weighted by molar-refractivity contribution is 5.96. The molecule has 6 heteroatoms. The van der Waals surface area contributed by atoms with Crippen molar-refractivity contribution >= 4 is 11.6 Å². The van der Waals surface area contributed by atoms with Crippen LogP contribution in [0.3, 0.4) is 0 Å². The number of hydrogen-bond acceptors (Lipinski definition) is 5. The van der Waals surface area contributed by atoms with E-state index in [-0.39, 0.29) is 17.8 Å². The molecule has 1 amide bonds. The Morgan fingerprint density at radius 3 is 2.46 bits per heavy atom. The summed E-state index contributed by atoms with van der Waals surface area (Å²) < 4.78 is 10.8. The number of aromatic nitrogens is 2. The van der Waals surface area contributed by atoms with E-state index in [9.17, 15) is 4.79 Å². The van der Waals surface area contributed by atoms with Gasteiger partial charge in [0.05, 0.1) is 25.3 Å². The average molecular weight is 329 g/mol. The fraction of sp³-hybridized carbons (Fsp3) is 0.389. The predicted octanol–water partition coefficient (Wildman–Crippen LogP) is 3.41. The van der Waals surface area contributed by atoms with Gasteiger partial charge in [-0.1, -0.05) is 37.3 Å². The summed E-state index contributed by atoms with van der Waals surface area (Å²) in [5, 5.41) is 2.87. The molecule has 0 aliphatic carbocycles. The van der Waals surface area contributed by atoms with Crippen LogP contribution in [0.4, 0.5) is 5.69 Å². The Hall–Kier alpha value is -2.63. The summed E-state index contributed by atoms with van der Waals surface area (Å²) in [6.07, 6.45) is 2.20. The SMILES string of the molecule is CCOc1ncc(NC(=O)C(CC)c2ccccc2)c(OCC)n1. The lowest BCUT2D eigenvalue weighted by Gasteiger charge is -2.17. The zero-order chi connectivity index (χ0) is 17.4. The van der Waals surface area contributed by atoms with Crippen LogP contribution >= 0.6 is 0 Å². The summed E-state index contributed by atoms with van der Waals surface area (Å²) >= 11 is 0. The van der Waals surface area contributed by atoms with E-state index in [1.807, 2.05) is 51.1 Å². The van der Waals surface area contributed by atoms with Crippen LogP contribution < -0.4 is 14.8 Å².